The third kappa shape index (κ3) is 2.49. The molecule has 0 spiro atoms. The predicted octanol–water partition coefficient (Wildman–Crippen LogP) is 1.14. The average molecular weight is 275 g/mol. The summed E-state index contributed by atoms with van der Waals surface area (Å²) in [7, 11) is 1.84. The molecule has 6 heteroatoms. The maximum Gasteiger partial charge on any atom is 0.341 e. The Morgan fingerprint density at radius 2 is 2.10 bits per heavy atom. The molecule has 2 aromatic heterocycles. The molecule has 0 saturated carbocycles. The largest absolute Gasteiger partial charge is 0.477 e. The van der Waals surface area contributed by atoms with Crippen molar-refractivity contribution >= 4 is 5.97 Å². The summed E-state index contributed by atoms with van der Waals surface area (Å²) < 4.78 is 3.25. The molecule has 6 nitrogen and oxygen atoms in total. The van der Waals surface area contributed by atoms with Gasteiger partial charge in [-0.25, -0.2) is 4.79 Å². The minimum absolute atomic E-state index is 0.152. The molecule has 0 aliphatic carbocycles. The van der Waals surface area contributed by atoms with E-state index in [9.17, 15) is 9.59 Å². The van der Waals surface area contributed by atoms with Gasteiger partial charge in [0.25, 0.3) is 5.56 Å². The molecular weight excluding hydrogens is 258 g/mol. The Morgan fingerprint density at radius 1 is 1.40 bits per heavy atom. The first-order chi connectivity index (χ1) is 9.41. The molecule has 0 atom stereocenters. The van der Waals surface area contributed by atoms with Gasteiger partial charge in [0.2, 0.25) is 0 Å². The van der Waals surface area contributed by atoms with E-state index in [0.717, 1.165) is 11.4 Å². The average Bonchev–Trinajstić information content (AvgIpc) is 2.73. The quantitative estimate of drug-likeness (QED) is 0.907. The van der Waals surface area contributed by atoms with Crippen LogP contribution >= 0.6 is 0 Å². The zero-order valence-corrected chi connectivity index (χ0v) is 11.8. The Hall–Kier alpha value is -2.37. The van der Waals surface area contributed by atoms with Gasteiger partial charge in [0, 0.05) is 37.6 Å². The summed E-state index contributed by atoms with van der Waals surface area (Å²) in [4.78, 5) is 23.4. The van der Waals surface area contributed by atoms with Crippen molar-refractivity contribution in [2.24, 2.45) is 7.05 Å². The van der Waals surface area contributed by atoms with Crippen LogP contribution in [0.5, 0.6) is 0 Å². The molecule has 2 aromatic rings. The number of nitrogens with zero attached hydrogens (tertiary/aromatic N) is 3. The molecule has 0 bridgehead atoms. The van der Waals surface area contributed by atoms with Gasteiger partial charge in [0.1, 0.15) is 5.56 Å². The van der Waals surface area contributed by atoms with Crippen LogP contribution in [0.25, 0.3) is 0 Å². The van der Waals surface area contributed by atoms with E-state index in [1.54, 1.807) is 23.9 Å². The number of hydrogen-bond donors (Lipinski definition) is 1. The lowest BCUT2D eigenvalue weighted by molar-refractivity contribution is 0.0693. The second-order valence-corrected chi connectivity index (χ2v) is 4.80. The van der Waals surface area contributed by atoms with Crippen LogP contribution in [0.1, 0.15) is 27.3 Å². The molecule has 1 N–H and O–H groups in total. The van der Waals surface area contributed by atoms with Crippen molar-refractivity contribution in [2.75, 3.05) is 0 Å². The number of carbonyl (C=O) groups is 1. The molecule has 0 saturated heterocycles. The Bertz CT molecular complexity index is 713. The molecule has 0 aliphatic heterocycles. The zero-order valence-electron chi connectivity index (χ0n) is 11.8. The topological polar surface area (TPSA) is 77.1 Å². The molecule has 106 valence electrons. The summed E-state index contributed by atoms with van der Waals surface area (Å²) in [5, 5.41) is 13.2. The van der Waals surface area contributed by atoms with Crippen LogP contribution in [0.3, 0.4) is 0 Å². The van der Waals surface area contributed by atoms with E-state index in [-0.39, 0.29) is 5.56 Å². The van der Waals surface area contributed by atoms with Crippen LogP contribution in [0.15, 0.2) is 23.1 Å². The van der Waals surface area contributed by atoms with Crippen molar-refractivity contribution in [1.29, 1.82) is 0 Å². The summed E-state index contributed by atoms with van der Waals surface area (Å²) in [6.07, 6.45) is 2.32. The minimum Gasteiger partial charge on any atom is -0.477 e. The first-order valence-electron chi connectivity index (χ1n) is 6.33. The van der Waals surface area contributed by atoms with E-state index in [2.05, 4.69) is 5.10 Å². The van der Waals surface area contributed by atoms with Gasteiger partial charge in [0.05, 0.1) is 0 Å². The molecule has 2 rings (SSSR count). The van der Waals surface area contributed by atoms with Crippen molar-refractivity contribution in [3.05, 3.63) is 51.2 Å². The number of hydrogen-bond acceptors (Lipinski definition) is 3. The highest BCUT2D eigenvalue weighted by molar-refractivity contribution is 5.88. The van der Waals surface area contributed by atoms with E-state index < -0.39 is 11.5 Å². The summed E-state index contributed by atoms with van der Waals surface area (Å²) in [5.41, 5.74) is 1.66. The molecule has 2 heterocycles. The number of aromatic carboxylic acids is 1. The second-order valence-electron chi connectivity index (χ2n) is 4.80. The highest BCUT2D eigenvalue weighted by Crippen LogP contribution is 2.08. The van der Waals surface area contributed by atoms with Crippen LogP contribution in [0.4, 0.5) is 0 Å². The molecule has 0 radical (unpaired) electrons. The lowest BCUT2D eigenvalue weighted by atomic mass is 10.1. The van der Waals surface area contributed by atoms with Crippen LogP contribution < -0.4 is 5.56 Å². The van der Waals surface area contributed by atoms with E-state index in [0.29, 0.717) is 18.5 Å². The second kappa shape index (κ2) is 5.32. The number of pyridine rings is 1. The standard InChI is InChI=1S/C14H17N3O3/c1-9-8-10(2)17(13(18)12(9)14(19)20)7-5-11-4-6-15-16(11)3/h4,6,8H,5,7H2,1-3H3,(H,19,20). The van der Waals surface area contributed by atoms with E-state index in [1.807, 2.05) is 20.0 Å². The molecule has 0 unspecified atom stereocenters. The monoisotopic (exact) mass is 275 g/mol. The minimum atomic E-state index is -1.18. The highest BCUT2D eigenvalue weighted by Gasteiger charge is 2.16. The van der Waals surface area contributed by atoms with Crippen molar-refractivity contribution in [3.63, 3.8) is 0 Å². The van der Waals surface area contributed by atoms with Crippen molar-refractivity contribution in [3.8, 4) is 0 Å². The zero-order chi connectivity index (χ0) is 14.9. The summed E-state index contributed by atoms with van der Waals surface area (Å²) in [6.45, 7) is 3.89. The number of carboxylic acid groups (broad SMARTS) is 1. The molecule has 0 amide bonds. The first kappa shape index (κ1) is 14.0. The predicted molar refractivity (Wildman–Crippen MR) is 74.0 cm³/mol. The number of carboxylic acids is 1. The third-order valence-corrected chi connectivity index (χ3v) is 3.43. The fourth-order valence-electron chi connectivity index (χ4n) is 2.34. The molecular formula is C14H17N3O3. The van der Waals surface area contributed by atoms with Gasteiger partial charge in [-0.3, -0.25) is 9.48 Å². The smallest absolute Gasteiger partial charge is 0.341 e. The Kier molecular flexibility index (Phi) is 3.74. The maximum absolute atomic E-state index is 12.3. The Morgan fingerprint density at radius 3 is 2.65 bits per heavy atom. The van der Waals surface area contributed by atoms with Crippen LogP contribution in [0.2, 0.25) is 0 Å². The number of aryl methyl sites for hydroxylation is 4. The molecule has 0 fully saturated rings. The normalized spacial score (nSPS) is 10.8. The van der Waals surface area contributed by atoms with Crippen LogP contribution in [-0.2, 0) is 20.0 Å². The van der Waals surface area contributed by atoms with E-state index >= 15 is 0 Å². The van der Waals surface area contributed by atoms with Crippen LogP contribution in [0, 0.1) is 13.8 Å². The summed E-state index contributed by atoms with van der Waals surface area (Å²) in [5.74, 6) is -1.18. The van der Waals surface area contributed by atoms with Crippen molar-refractivity contribution in [1.82, 2.24) is 14.3 Å². The number of rotatable bonds is 4. The summed E-state index contributed by atoms with van der Waals surface area (Å²) in [6, 6.07) is 3.61. The Labute approximate surface area is 116 Å². The fourth-order valence-corrected chi connectivity index (χ4v) is 2.34. The van der Waals surface area contributed by atoms with Crippen LogP contribution in [-0.4, -0.2) is 25.4 Å². The lowest BCUT2D eigenvalue weighted by Gasteiger charge is -2.12. The molecule has 0 aliphatic rings. The fraction of sp³-hybridized carbons (Fsp3) is 0.357. The van der Waals surface area contributed by atoms with Gasteiger partial charge >= 0.3 is 5.97 Å². The third-order valence-electron chi connectivity index (χ3n) is 3.43. The summed E-state index contributed by atoms with van der Waals surface area (Å²) >= 11 is 0. The Balaban J connectivity index is 2.37. The highest BCUT2D eigenvalue weighted by atomic mass is 16.4. The molecule has 20 heavy (non-hydrogen) atoms. The molecule has 0 aromatic carbocycles. The van der Waals surface area contributed by atoms with Gasteiger partial charge in [0.15, 0.2) is 0 Å². The lowest BCUT2D eigenvalue weighted by Crippen LogP contribution is -2.30. The van der Waals surface area contributed by atoms with Gasteiger partial charge in [-0.15, -0.1) is 0 Å². The first-order valence-corrected chi connectivity index (χ1v) is 6.33. The maximum atomic E-state index is 12.3. The van der Waals surface area contributed by atoms with Gasteiger partial charge < -0.3 is 9.67 Å². The van der Waals surface area contributed by atoms with Crippen molar-refractivity contribution < 1.29 is 9.90 Å². The van der Waals surface area contributed by atoms with Gasteiger partial charge in [-0.2, -0.15) is 5.10 Å². The number of aromatic nitrogens is 3. The SMILES string of the molecule is Cc1cc(C)n(CCc2ccnn2C)c(=O)c1C(=O)O. The van der Waals surface area contributed by atoms with Gasteiger partial charge in [-0.1, -0.05) is 0 Å². The van der Waals surface area contributed by atoms with E-state index in [1.165, 1.54) is 4.57 Å². The van der Waals surface area contributed by atoms with E-state index in [4.69, 9.17) is 5.11 Å². The van der Waals surface area contributed by atoms with Crippen molar-refractivity contribution in [2.45, 2.75) is 26.8 Å². The van der Waals surface area contributed by atoms with Gasteiger partial charge in [-0.05, 0) is 31.5 Å².